The van der Waals surface area contributed by atoms with Crippen LogP contribution in [0.4, 0.5) is 0 Å². The van der Waals surface area contributed by atoms with Crippen LogP contribution >= 0.6 is 0 Å². The van der Waals surface area contributed by atoms with E-state index in [4.69, 9.17) is 0 Å². The minimum atomic E-state index is -3.03. The van der Waals surface area contributed by atoms with Crippen LogP contribution in [0.2, 0.25) is 0 Å². The van der Waals surface area contributed by atoms with Crippen LogP contribution < -0.4 is 5.32 Å². The third-order valence-corrected chi connectivity index (χ3v) is 6.06. The summed E-state index contributed by atoms with van der Waals surface area (Å²) in [6.45, 7) is 6.62. The van der Waals surface area contributed by atoms with Gasteiger partial charge in [-0.2, -0.15) is 0 Å². The molecule has 0 saturated carbocycles. The normalized spacial score (nSPS) is 26.2. The number of rotatable bonds is 3. The van der Waals surface area contributed by atoms with Gasteiger partial charge in [-0.3, -0.25) is 4.99 Å². The van der Waals surface area contributed by atoms with Crippen LogP contribution in [0.15, 0.2) is 4.99 Å². The number of piperidine rings is 2. The molecule has 0 spiro atoms. The first-order valence-electron chi connectivity index (χ1n) is 8.31. The summed E-state index contributed by atoms with van der Waals surface area (Å²) in [6, 6.07) is 0. The average Bonchev–Trinajstić information content (AvgIpc) is 2.47. The first kappa shape index (κ1) is 17.5. The van der Waals surface area contributed by atoms with Gasteiger partial charge in [-0.1, -0.05) is 6.92 Å². The summed E-state index contributed by atoms with van der Waals surface area (Å²) in [5.41, 5.74) is 0. The highest BCUT2D eigenvalue weighted by molar-refractivity contribution is 7.88. The maximum Gasteiger partial charge on any atom is 0.211 e. The molecule has 2 heterocycles. The Balaban J connectivity index is 1.78. The lowest BCUT2D eigenvalue weighted by molar-refractivity contribution is 0.254. The molecule has 128 valence electrons. The molecule has 1 N–H and O–H groups in total. The van der Waals surface area contributed by atoms with Gasteiger partial charge < -0.3 is 10.2 Å². The number of hydrogen-bond donors (Lipinski definition) is 1. The van der Waals surface area contributed by atoms with E-state index in [9.17, 15) is 8.42 Å². The minimum absolute atomic E-state index is 0.525. The Bertz CT molecular complexity index is 484. The molecule has 0 aromatic heterocycles. The van der Waals surface area contributed by atoms with E-state index < -0.39 is 10.0 Å². The van der Waals surface area contributed by atoms with Gasteiger partial charge in [-0.15, -0.1) is 0 Å². The predicted octanol–water partition coefficient (Wildman–Crippen LogP) is 0.965. The fraction of sp³-hybridized carbons (Fsp3) is 0.933. The molecule has 0 aromatic rings. The fourth-order valence-corrected chi connectivity index (χ4v) is 4.27. The van der Waals surface area contributed by atoms with Crippen molar-refractivity contribution < 1.29 is 8.42 Å². The van der Waals surface area contributed by atoms with Gasteiger partial charge in [0.15, 0.2) is 5.96 Å². The van der Waals surface area contributed by atoms with Gasteiger partial charge in [0.1, 0.15) is 0 Å². The standard InChI is InChI=1S/C15H30N4O2S/c1-13-5-4-8-18(12-13)15(16-2)17-11-14-6-9-19(10-7-14)22(3,20)21/h13-14H,4-12H2,1-3H3,(H,16,17). The van der Waals surface area contributed by atoms with E-state index >= 15 is 0 Å². The van der Waals surface area contributed by atoms with Crippen LogP contribution in [0.5, 0.6) is 0 Å². The summed E-state index contributed by atoms with van der Waals surface area (Å²) in [4.78, 5) is 6.76. The maximum atomic E-state index is 11.5. The zero-order chi connectivity index (χ0) is 16.2. The molecule has 2 aliphatic rings. The van der Waals surface area contributed by atoms with E-state index in [-0.39, 0.29) is 0 Å². The van der Waals surface area contributed by atoms with Gasteiger partial charge >= 0.3 is 0 Å². The van der Waals surface area contributed by atoms with Gasteiger partial charge in [0.2, 0.25) is 10.0 Å². The van der Waals surface area contributed by atoms with E-state index in [1.165, 1.54) is 19.1 Å². The van der Waals surface area contributed by atoms with Gasteiger partial charge in [-0.05, 0) is 37.5 Å². The van der Waals surface area contributed by atoms with Gasteiger partial charge in [0.25, 0.3) is 0 Å². The smallest absolute Gasteiger partial charge is 0.211 e. The van der Waals surface area contributed by atoms with Crippen molar-refractivity contribution in [3.8, 4) is 0 Å². The molecule has 2 aliphatic heterocycles. The number of hydrogen-bond acceptors (Lipinski definition) is 3. The highest BCUT2D eigenvalue weighted by Crippen LogP contribution is 2.19. The molecular formula is C15H30N4O2S. The van der Waals surface area contributed by atoms with Crippen LogP contribution in [0.1, 0.15) is 32.6 Å². The van der Waals surface area contributed by atoms with Crippen LogP contribution in [0, 0.1) is 11.8 Å². The molecule has 6 nitrogen and oxygen atoms in total. The molecular weight excluding hydrogens is 300 g/mol. The fourth-order valence-electron chi connectivity index (χ4n) is 3.39. The second kappa shape index (κ2) is 7.64. The Morgan fingerprint density at radius 2 is 1.91 bits per heavy atom. The molecule has 0 radical (unpaired) electrons. The highest BCUT2D eigenvalue weighted by atomic mass is 32.2. The summed E-state index contributed by atoms with van der Waals surface area (Å²) in [6.07, 6.45) is 5.68. The molecule has 2 fully saturated rings. The Hall–Kier alpha value is -0.820. The summed E-state index contributed by atoms with van der Waals surface area (Å²) < 4.78 is 24.6. The first-order chi connectivity index (χ1) is 10.4. The van der Waals surface area contributed by atoms with E-state index in [1.807, 2.05) is 7.05 Å². The highest BCUT2D eigenvalue weighted by Gasteiger charge is 2.25. The van der Waals surface area contributed by atoms with Crippen molar-refractivity contribution in [2.24, 2.45) is 16.8 Å². The summed E-state index contributed by atoms with van der Waals surface area (Å²) in [7, 11) is -1.19. The molecule has 2 saturated heterocycles. The number of aliphatic imine (C=N–C) groups is 1. The maximum absolute atomic E-state index is 11.5. The largest absolute Gasteiger partial charge is 0.356 e. The molecule has 1 atom stereocenters. The van der Waals surface area contributed by atoms with Crippen molar-refractivity contribution in [2.45, 2.75) is 32.6 Å². The SMILES string of the molecule is CN=C(NCC1CCN(S(C)(=O)=O)CC1)N1CCCC(C)C1. The summed E-state index contributed by atoms with van der Waals surface area (Å²) >= 11 is 0. The average molecular weight is 330 g/mol. The lowest BCUT2D eigenvalue weighted by Gasteiger charge is -2.35. The van der Waals surface area contributed by atoms with Gasteiger partial charge in [-0.25, -0.2) is 12.7 Å². The van der Waals surface area contributed by atoms with Crippen molar-refractivity contribution in [3.05, 3.63) is 0 Å². The summed E-state index contributed by atoms with van der Waals surface area (Å²) in [5, 5.41) is 3.49. The Labute approximate surface area is 135 Å². The number of nitrogens with zero attached hydrogens (tertiary/aromatic N) is 3. The van der Waals surface area contributed by atoms with E-state index in [1.54, 1.807) is 4.31 Å². The van der Waals surface area contributed by atoms with Crippen LogP contribution in [-0.2, 0) is 10.0 Å². The van der Waals surface area contributed by atoms with Crippen LogP contribution in [-0.4, -0.2) is 69.6 Å². The van der Waals surface area contributed by atoms with Crippen molar-refractivity contribution in [3.63, 3.8) is 0 Å². The number of nitrogens with one attached hydrogen (secondary N) is 1. The van der Waals surface area contributed by atoms with E-state index in [2.05, 4.69) is 22.1 Å². The third kappa shape index (κ3) is 4.84. The second-order valence-corrected chi connectivity index (χ2v) is 8.71. The zero-order valence-electron chi connectivity index (χ0n) is 14.1. The predicted molar refractivity (Wildman–Crippen MR) is 90.5 cm³/mol. The molecule has 0 amide bonds. The quantitative estimate of drug-likeness (QED) is 0.618. The third-order valence-electron chi connectivity index (χ3n) is 4.76. The lowest BCUT2D eigenvalue weighted by atomic mass is 9.98. The molecule has 2 rings (SSSR count). The molecule has 0 aliphatic carbocycles. The number of sulfonamides is 1. The monoisotopic (exact) mass is 330 g/mol. The Morgan fingerprint density at radius 3 is 2.45 bits per heavy atom. The zero-order valence-corrected chi connectivity index (χ0v) is 14.9. The van der Waals surface area contributed by atoms with Crippen molar-refractivity contribution >= 4 is 16.0 Å². The number of likely N-dealkylation sites (tertiary alicyclic amines) is 1. The van der Waals surface area contributed by atoms with Crippen molar-refractivity contribution in [1.29, 1.82) is 0 Å². The molecule has 1 unspecified atom stereocenters. The molecule has 0 aromatic carbocycles. The van der Waals surface area contributed by atoms with E-state index in [0.717, 1.165) is 44.4 Å². The van der Waals surface area contributed by atoms with Gasteiger partial charge in [0.05, 0.1) is 6.26 Å². The first-order valence-corrected chi connectivity index (χ1v) is 10.2. The molecule has 7 heteroatoms. The van der Waals surface area contributed by atoms with Crippen LogP contribution in [0.25, 0.3) is 0 Å². The topological polar surface area (TPSA) is 65.0 Å². The second-order valence-electron chi connectivity index (χ2n) is 6.73. The van der Waals surface area contributed by atoms with Crippen molar-refractivity contribution in [1.82, 2.24) is 14.5 Å². The number of guanidine groups is 1. The lowest BCUT2D eigenvalue weighted by Crippen LogP contribution is -2.48. The molecule has 22 heavy (non-hydrogen) atoms. The molecule has 0 bridgehead atoms. The summed E-state index contributed by atoms with van der Waals surface area (Å²) in [5.74, 6) is 2.25. The Kier molecular flexibility index (Phi) is 6.09. The van der Waals surface area contributed by atoms with Crippen molar-refractivity contribution in [2.75, 3.05) is 46.0 Å². The van der Waals surface area contributed by atoms with Crippen LogP contribution in [0.3, 0.4) is 0 Å². The Morgan fingerprint density at radius 1 is 1.23 bits per heavy atom. The minimum Gasteiger partial charge on any atom is -0.356 e. The van der Waals surface area contributed by atoms with E-state index in [0.29, 0.717) is 19.0 Å². The van der Waals surface area contributed by atoms with Gasteiger partial charge in [0, 0.05) is 39.8 Å².